The number of thiophene rings is 1. The van der Waals surface area contributed by atoms with E-state index in [1.165, 1.54) is 0 Å². The van der Waals surface area contributed by atoms with Crippen LogP contribution in [0, 0.1) is 18.3 Å². The van der Waals surface area contributed by atoms with Gasteiger partial charge in [-0.25, -0.2) is 4.98 Å². The molecule has 0 unspecified atom stereocenters. The van der Waals surface area contributed by atoms with Crippen LogP contribution in [-0.4, -0.2) is 4.98 Å². The maximum absolute atomic E-state index is 9.28. The van der Waals surface area contributed by atoms with Crippen LogP contribution in [0.2, 0.25) is 0 Å². The van der Waals surface area contributed by atoms with Gasteiger partial charge in [-0.3, -0.25) is 0 Å². The van der Waals surface area contributed by atoms with E-state index >= 15 is 0 Å². The first kappa shape index (κ1) is 13.1. The normalized spacial score (nSPS) is 10.3. The van der Waals surface area contributed by atoms with Crippen LogP contribution in [0.4, 0.5) is 5.82 Å². The first-order valence-corrected chi connectivity index (χ1v) is 7.19. The number of hydrogen-bond acceptors (Lipinski definition) is 4. The summed E-state index contributed by atoms with van der Waals surface area (Å²) < 4.78 is 1.01. The summed E-state index contributed by atoms with van der Waals surface area (Å²) in [6, 6.07) is 4.17. The minimum atomic E-state index is 0.319. The van der Waals surface area contributed by atoms with E-state index in [1.54, 1.807) is 11.3 Å². The molecule has 0 bridgehead atoms. The third kappa shape index (κ3) is 2.14. The fourth-order valence-electron chi connectivity index (χ4n) is 1.95. The highest BCUT2D eigenvalue weighted by molar-refractivity contribution is 9.10. The molecule has 0 aliphatic carbocycles. The minimum Gasteiger partial charge on any atom is -0.383 e. The second-order valence-corrected chi connectivity index (χ2v) is 5.74. The van der Waals surface area contributed by atoms with Gasteiger partial charge in [0, 0.05) is 26.0 Å². The average Bonchev–Trinajstić information content (AvgIpc) is 2.77. The number of anilines is 1. The second-order valence-electron chi connectivity index (χ2n) is 3.91. The fourth-order valence-corrected chi connectivity index (χ4v) is 3.49. The molecule has 0 aliphatic heterocycles. The van der Waals surface area contributed by atoms with Gasteiger partial charge in [0.2, 0.25) is 0 Å². The zero-order valence-corrected chi connectivity index (χ0v) is 12.5. The van der Waals surface area contributed by atoms with Crippen molar-refractivity contribution < 1.29 is 0 Å². The lowest BCUT2D eigenvalue weighted by atomic mass is 9.99. The first-order valence-electron chi connectivity index (χ1n) is 5.51. The molecule has 0 aliphatic rings. The van der Waals surface area contributed by atoms with Crippen LogP contribution in [0.25, 0.3) is 10.4 Å². The van der Waals surface area contributed by atoms with Crippen molar-refractivity contribution in [1.82, 2.24) is 4.98 Å². The lowest BCUT2D eigenvalue weighted by Crippen LogP contribution is -2.04. The molecule has 3 nitrogen and oxygen atoms in total. The molecule has 92 valence electrons. The zero-order valence-electron chi connectivity index (χ0n) is 10.1. The number of halogens is 1. The first-order chi connectivity index (χ1) is 8.58. The van der Waals surface area contributed by atoms with Crippen LogP contribution in [-0.2, 0) is 6.42 Å². The van der Waals surface area contributed by atoms with E-state index in [-0.39, 0.29) is 0 Å². The van der Waals surface area contributed by atoms with Crippen molar-refractivity contribution in [3.63, 3.8) is 0 Å². The molecule has 0 fully saturated rings. The highest BCUT2D eigenvalue weighted by Crippen LogP contribution is 2.36. The van der Waals surface area contributed by atoms with Gasteiger partial charge in [0.05, 0.1) is 0 Å². The van der Waals surface area contributed by atoms with E-state index < -0.39 is 0 Å². The highest BCUT2D eigenvalue weighted by Gasteiger charge is 2.17. The van der Waals surface area contributed by atoms with Gasteiger partial charge in [0.25, 0.3) is 0 Å². The van der Waals surface area contributed by atoms with Gasteiger partial charge in [-0.05, 0) is 40.9 Å². The van der Waals surface area contributed by atoms with E-state index in [0.29, 0.717) is 11.4 Å². The Kier molecular flexibility index (Phi) is 3.69. The summed E-state index contributed by atoms with van der Waals surface area (Å²) in [4.78, 5) is 5.34. The summed E-state index contributed by atoms with van der Waals surface area (Å²) in [5.41, 5.74) is 9.26. The van der Waals surface area contributed by atoms with Crippen molar-refractivity contribution in [2.45, 2.75) is 20.3 Å². The topological polar surface area (TPSA) is 62.7 Å². The standard InChI is InChI=1S/C13H12BrN3S/c1-3-10-7(2)12(9(5-15)13(16)17-10)11-4-8(14)6-18-11/h4,6H,3H2,1-2H3,(H2,16,17). The fraction of sp³-hybridized carbons (Fsp3) is 0.231. The Hall–Kier alpha value is -1.38. The molecule has 5 heteroatoms. The predicted molar refractivity (Wildman–Crippen MR) is 78.5 cm³/mol. The van der Waals surface area contributed by atoms with Crippen LogP contribution in [0.1, 0.15) is 23.7 Å². The molecule has 2 N–H and O–H groups in total. The summed E-state index contributed by atoms with van der Waals surface area (Å²) in [5.74, 6) is 0.319. The van der Waals surface area contributed by atoms with Gasteiger partial charge in [0.15, 0.2) is 0 Å². The maximum Gasteiger partial charge on any atom is 0.142 e. The molecule has 0 spiro atoms. The van der Waals surface area contributed by atoms with Crippen molar-refractivity contribution in [3.05, 3.63) is 32.7 Å². The van der Waals surface area contributed by atoms with Crippen LogP contribution in [0.15, 0.2) is 15.9 Å². The SMILES string of the molecule is CCc1nc(N)c(C#N)c(-c2cc(Br)cs2)c1C. The zero-order chi connectivity index (χ0) is 13.3. The summed E-state index contributed by atoms with van der Waals surface area (Å²) in [6.45, 7) is 4.03. The molecule has 18 heavy (non-hydrogen) atoms. The third-order valence-electron chi connectivity index (χ3n) is 2.83. The molecule has 0 radical (unpaired) electrons. The van der Waals surface area contributed by atoms with Crippen LogP contribution < -0.4 is 5.73 Å². The number of aromatic nitrogens is 1. The molecule has 0 aromatic carbocycles. The number of pyridine rings is 1. The van der Waals surface area contributed by atoms with Gasteiger partial charge < -0.3 is 5.73 Å². The summed E-state index contributed by atoms with van der Waals surface area (Å²) in [5, 5.41) is 11.3. The average molecular weight is 322 g/mol. The smallest absolute Gasteiger partial charge is 0.142 e. The Morgan fingerprint density at radius 2 is 2.28 bits per heavy atom. The molecule has 2 aromatic rings. The summed E-state index contributed by atoms with van der Waals surface area (Å²) in [7, 11) is 0. The van der Waals surface area contributed by atoms with Crippen molar-refractivity contribution in [1.29, 1.82) is 5.26 Å². The van der Waals surface area contributed by atoms with Gasteiger partial charge in [-0.2, -0.15) is 5.26 Å². The van der Waals surface area contributed by atoms with E-state index in [0.717, 1.165) is 32.6 Å². The Balaban J connectivity index is 2.79. The maximum atomic E-state index is 9.28. The van der Waals surface area contributed by atoms with E-state index in [9.17, 15) is 5.26 Å². The molecule has 0 amide bonds. The van der Waals surface area contributed by atoms with Crippen molar-refractivity contribution in [3.8, 4) is 16.5 Å². The van der Waals surface area contributed by atoms with E-state index in [2.05, 4.69) is 27.0 Å². The lowest BCUT2D eigenvalue weighted by Gasteiger charge is -2.12. The quantitative estimate of drug-likeness (QED) is 0.912. The third-order valence-corrected chi connectivity index (χ3v) is 4.54. The minimum absolute atomic E-state index is 0.319. The van der Waals surface area contributed by atoms with Gasteiger partial charge in [-0.1, -0.05) is 6.92 Å². The van der Waals surface area contributed by atoms with Crippen molar-refractivity contribution in [2.24, 2.45) is 0 Å². The van der Waals surface area contributed by atoms with Crippen LogP contribution in [0.3, 0.4) is 0 Å². The number of rotatable bonds is 2. The van der Waals surface area contributed by atoms with Gasteiger partial charge in [-0.15, -0.1) is 11.3 Å². The summed E-state index contributed by atoms with van der Waals surface area (Å²) >= 11 is 5.03. The summed E-state index contributed by atoms with van der Waals surface area (Å²) in [6.07, 6.45) is 0.807. The number of nitrogens with two attached hydrogens (primary N) is 1. The van der Waals surface area contributed by atoms with E-state index in [1.807, 2.05) is 25.3 Å². The lowest BCUT2D eigenvalue weighted by molar-refractivity contribution is 1.01. The van der Waals surface area contributed by atoms with Crippen molar-refractivity contribution in [2.75, 3.05) is 5.73 Å². The molecule has 2 rings (SSSR count). The van der Waals surface area contributed by atoms with Crippen LogP contribution in [0.5, 0.6) is 0 Å². The molecular weight excluding hydrogens is 310 g/mol. The van der Waals surface area contributed by atoms with E-state index in [4.69, 9.17) is 5.73 Å². The predicted octanol–water partition coefficient (Wildman–Crippen LogP) is 3.90. The molecule has 0 saturated carbocycles. The second kappa shape index (κ2) is 5.09. The number of nitriles is 1. The number of aryl methyl sites for hydroxylation is 1. The van der Waals surface area contributed by atoms with Crippen molar-refractivity contribution >= 4 is 33.1 Å². The number of hydrogen-bond donors (Lipinski definition) is 1. The number of nitrogen functional groups attached to an aromatic ring is 1. The molecular formula is C13H12BrN3S. The Labute approximate surface area is 118 Å². The molecule has 2 aromatic heterocycles. The Morgan fingerprint density at radius 1 is 1.56 bits per heavy atom. The molecule has 0 saturated heterocycles. The molecule has 2 heterocycles. The van der Waals surface area contributed by atoms with Gasteiger partial charge >= 0.3 is 0 Å². The van der Waals surface area contributed by atoms with Gasteiger partial charge in [0.1, 0.15) is 17.5 Å². The highest BCUT2D eigenvalue weighted by atomic mass is 79.9. The molecule has 0 atom stereocenters. The monoisotopic (exact) mass is 321 g/mol. The Morgan fingerprint density at radius 3 is 2.78 bits per heavy atom. The van der Waals surface area contributed by atoms with Crippen LogP contribution >= 0.6 is 27.3 Å². The number of nitrogens with zero attached hydrogens (tertiary/aromatic N) is 2. The largest absolute Gasteiger partial charge is 0.383 e. The Bertz CT molecular complexity index is 640.